The molecule has 0 radical (unpaired) electrons. The molecule has 3 N–H and O–H groups in total. The predicted octanol–water partition coefficient (Wildman–Crippen LogP) is 5.06. The molecule has 0 aromatic carbocycles. The second-order valence-corrected chi connectivity index (χ2v) is 10.7. The molecule has 4 fully saturated rings. The Labute approximate surface area is 200 Å². The van der Waals surface area contributed by atoms with Gasteiger partial charge < -0.3 is 15.4 Å². The van der Waals surface area contributed by atoms with Crippen LogP contribution in [0.3, 0.4) is 0 Å². The minimum absolute atomic E-state index is 0.00841. The average Bonchev–Trinajstić information content (AvgIpc) is 3.43. The number of rotatable bonds is 5. The number of hydrogen-bond donors (Lipinski definition) is 2. The van der Waals surface area contributed by atoms with Crippen LogP contribution in [0.25, 0.3) is 11.3 Å². The maximum absolute atomic E-state index is 13.7. The number of hydrogen-bond acceptors (Lipinski definition) is 5. The summed E-state index contributed by atoms with van der Waals surface area (Å²) >= 11 is 0. The van der Waals surface area contributed by atoms with Crippen LogP contribution in [0.5, 0.6) is 0 Å². The van der Waals surface area contributed by atoms with Crippen molar-refractivity contribution in [3.63, 3.8) is 0 Å². The van der Waals surface area contributed by atoms with E-state index in [1.54, 1.807) is 6.20 Å². The Kier molecular flexibility index (Phi) is 5.67. The van der Waals surface area contributed by atoms with Crippen LogP contribution in [-0.4, -0.2) is 49.1 Å². The first kappa shape index (κ1) is 24.4. The highest BCUT2D eigenvalue weighted by Crippen LogP contribution is 2.61. The molecular weight excluding hydrogens is 469 g/mol. The molecule has 2 atom stereocenters. The summed E-state index contributed by atoms with van der Waals surface area (Å²) in [5.41, 5.74) is 4.74. The van der Waals surface area contributed by atoms with Crippen molar-refractivity contribution >= 4 is 5.82 Å². The quantitative estimate of drug-likeness (QED) is 0.563. The molecule has 0 amide bonds. The molecule has 192 valence electrons. The zero-order valence-electron chi connectivity index (χ0n) is 19.7. The smallest absolute Gasteiger partial charge is 0.385 e. The molecule has 1 aliphatic heterocycles. The molecule has 3 saturated carbocycles. The van der Waals surface area contributed by atoms with Crippen LogP contribution in [-0.2, 0) is 6.18 Å². The first-order valence-corrected chi connectivity index (χ1v) is 12.0. The number of nitrogen functional groups attached to an aromatic ring is 1. The van der Waals surface area contributed by atoms with Gasteiger partial charge >= 0.3 is 6.18 Å². The van der Waals surface area contributed by atoms with Crippen LogP contribution in [0, 0.1) is 11.8 Å². The zero-order chi connectivity index (χ0) is 25.3. The number of piperidine rings is 1. The lowest BCUT2D eigenvalue weighted by atomic mass is 9.74. The third-order valence-corrected chi connectivity index (χ3v) is 8.12. The van der Waals surface area contributed by atoms with Crippen molar-refractivity contribution in [2.24, 2.45) is 11.8 Å². The predicted molar refractivity (Wildman–Crippen MR) is 120 cm³/mol. The number of aromatic nitrogens is 3. The average molecular weight is 500 g/mol. The summed E-state index contributed by atoms with van der Waals surface area (Å²) in [7, 11) is 0. The lowest BCUT2D eigenvalue weighted by Gasteiger charge is -2.50. The van der Waals surface area contributed by atoms with Crippen LogP contribution < -0.4 is 5.73 Å². The van der Waals surface area contributed by atoms with E-state index < -0.39 is 29.6 Å². The van der Waals surface area contributed by atoms with E-state index >= 15 is 0 Å². The van der Waals surface area contributed by atoms with Gasteiger partial charge in [0.1, 0.15) is 17.7 Å². The Morgan fingerprint density at radius 1 is 1.14 bits per heavy atom. The first-order chi connectivity index (χ1) is 16.3. The minimum Gasteiger partial charge on any atom is -0.385 e. The van der Waals surface area contributed by atoms with Crippen LogP contribution in [0.4, 0.5) is 27.8 Å². The molecule has 2 aromatic rings. The molecule has 6 nitrogen and oxygen atoms in total. The van der Waals surface area contributed by atoms with E-state index in [0.29, 0.717) is 24.8 Å². The highest BCUT2D eigenvalue weighted by Gasteiger charge is 2.60. The lowest BCUT2D eigenvalue weighted by molar-refractivity contribution is -0.137. The van der Waals surface area contributed by atoms with Gasteiger partial charge in [-0.15, -0.1) is 0 Å². The van der Waals surface area contributed by atoms with Gasteiger partial charge in [0.2, 0.25) is 0 Å². The van der Waals surface area contributed by atoms with E-state index in [1.807, 2.05) is 18.4 Å². The summed E-state index contributed by atoms with van der Waals surface area (Å²) in [6.07, 6.45) is -0.374. The zero-order valence-corrected chi connectivity index (χ0v) is 19.7. The number of pyridine rings is 1. The number of halogens is 5. The van der Waals surface area contributed by atoms with Crippen LogP contribution in [0.15, 0.2) is 18.5 Å². The summed E-state index contributed by atoms with van der Waals surface area (Å²) in [6.45, 7) is 4.42. The molecule has 3 aliphatic carbocycles. The Balaban J connectivity index is 1.47. The number of likely N-dealkylation sites (tertiary alicyclic amines) is 1. The van der Waals surface area contributed by atoms with Crippen molar-refractivity contribution in [1.29, 1.82) is 0 Å². The van der Waals surface area contributed by atoms with Crippen molar-refractivity contribution < 1.29 is 27.1 Å². The molecule has 6 rings (SSSR count). The summed E-state index contributed by atoms with van der Waals surface area (Å²) in [6, 6.07) is 0.927. The van der Waals surface area contributed by atoms with Crippen molar-refractivity contribution in [2.75, 3.05) is 18.8 Å². The summed E-state index contributed by atoms with van der Waals surface area (Å²) in [4.78, 5) is 10.5. The third-order valence-electron chi connectivity index (χ3n) is 8.12. The molecule has 3 heterocycles. The Bertz CT molecular complexity index is 1100. The van der Waals surface area contributed by atoms with Gasteiger partial charge in [0.15, 0.2) is 0 Å². The first-order valence-electron chi connectivity index (χ1n) is 12.0. The van der Waals surface area contributed by atoms with Crippen LogP contribution in [0.1, 0.15) is 69.5 Å². The minimum atomic E-state index is -4.65. The molecule has 4 aliphatic rings. The van der Waals surface area contributed by atoms with Gasteiger partial charge in [0.05, 0.1) is 11.3 Å². The third kappa shape index (κ3) is 4.20. The van der Waals surface area contributed by atoms with E-state index in [9.17, 15) is 27.1 Å². The van der Waals surface area contributed by atoms with Gasteiger partial charge in [-0.3, -0.25) is 4.90 Å². The monoisotopic (exact) mass is 499 g/mol. The lowest BCUT2D eigenvalue weighted by Crippen LogP contribution is -2.56. The maximum atomic E-state index is 13.7. The topological polar surface area (TPSA) is 80.2 Å². The second-order valence-electron chi connectivity index (χ2n) is 10.7. The van der Waals surface area contributed by atoms with Gasteiger partial charge in [0.25, 0.3) is 5.92 Å². The number of fused-ring (bicyclic) bond motifs is 1. The Hall–Kier alpha value is -2.27. The fourth-order valence-electron chi connectivity index (χ4n) is 6.10. The highest BCUT2D eigenvalue weighted by molar-refractivity contribution is 5.62. The van der Waals surface area contributed by atoms with Crippen molar-refractivity contribution in [2.45, 2.75) is 75.7 Å². The van der Waals surface area contributed by atoms with Crippen LogP contribution in [0.2, 0.25) is 0 Å². The normalized spacial score (nSPS) is 29.4. The van der Waals surface area contributed by atoms with E-state index in [4.69, 9.17) is 5.73 Å². The fourth-order valence-corrected chi connectivity index (χ4v) is 6.10. The SMILES string of the molecule is CC(C)[C@H](O)c1nc(-c2cnc(N)c(C(F)(F)F)c2)cn1C1CC2(N3CCC(F)(F)CC3)CC1C2. The summed E-state index contributed by atoms with van der Waals surface area (Å²) in [5, 5.41) is 10.9. The molecule has 1 unspecified atom stereocenters. The number of aliphatic hydroxyl groups is 1. The number of nitrogens with two attached hydrogens (primary N) is 1. The Morgan fingerprint density at radius 3 is 2.40 bits per heavy atom. The highest BCUT2D eigenvalue weighted by atomic mass is 19.4. The standard InChI is InChI=1S/C24H30F5N5O/c1-13(2)19(35)21-32-17(14-7-16(24(27,28)29)20(30)31-11-14)12-34(21)18-10-22(8-15(18)9-22)33-5-3-23(25,26)4-6-33/h7,11-13,15,18-19,35H,3-6,8-10H2,1-2H3,(H2,30,31)/t15?,18?,19-,22?/m0/s1. The number of imidazole rings is 1. The Morgan fingerprint density at radius 2 is 1.80 bits per heavy atom. The summed E-state index contributed by atoms with van der Waals surface area (Å²) in [5.74, 6) is -2.67. The molecule has 11 heteroatoms. The van der Waals surface area contributed by atoms with Crippen molar-refractivity contribution in [1.82, 2.24) is 19.4 Å². The summed E-state index contributed by atoms with van der Waals surface area (Å²) < 4.78 is 69.5. The molecule has 1 saturated heterocycles. The fraction of sp³-hybridized carbons (Fsp3) is 0.667. The van der Waals surface area contributed by atoms with Gasteiger partial charge in [-0.2, -0.15) is 13.2 Å². The number of aliphatic hydroxyl groups excluding tert-OH is 1. The van der Waals surface area contributed by atoms with Crippen molar-refractivity contribution in [3.05, 3.63) is 29.8 Å². The van der Waals surface area contributed by atoms with E-state index in [1.165, 1.54) is 6.20 Å². The van der Waals surface area contributed by atoms with Gasteiger partial charge in [0, 0.05) is 55.5 Å². The number of nitrogens with zero attached hydrogens (tertiary/aromatic N) is 4. The van der Waals surface area contributed by atoms with E-state index in [-0.39, 0.29) is 41.6 Å². The molecule has 2 bridgehead atoms. The van der Waals surface area contributed by atoms with Gasteiger partial charge in [-0.05, 0) is 37.2 Å². The van der Waals surface area contributed by atoms with Crippen molar-refractivity contribution in [3.8, 4) is 11.3 Å². The maximum Gasteiger partial charge on any atom is 0.419 e. The molecule has 2 aromatic heterocycles. The van der Waals surface area contributed by atoms with Crippen LogP contribution >= 0.6 is 0 Å². The van der Waals surface area contributed by atoms with E-state index in [2.05, 4.69) is 14.9 Å². The largest absolute Gasteiger partial charge is 0.419 e. The molecular formula is C24H30F5N5O. The van der Waals surface area contributed by atoms with Gasteiger partial charge in [-0.1, -0.05) is 13.8 Å². The molecule has 35 heavy (non-hydrogen) atoms. The number of alkyl halides is 5. The van der Waals surface area contributed by atoms with E-state index in [0.717, 1.165) is 25.3 Å². The number of anilines is 1. The van der Waals surface area contributed by atoms with Gasteiger partial charge in [-0.25, -0.2) is 18.7 Å². The molecule has 0 spiro atoms. The second kappa shape index (κ2) is 8.12.